The topological polar surface area (TPSA) is 35.6 Å². The number of amides is 1. The van der Waals surface area contributed by atoms with Crippen molar-refractivity contribution in [3.8, 4) is 0 Å². The van der Waals surface area contributed by atoms with Gasteiger partial charge in [0.05, 0.1) is 12.2 Å². The molecule has 1 amide bonds. The van der Waals surface area contributed by atoms with Crippen LogP contribution in [-0.2, 0) is 4.79 Å². The molecule has 2 aliphatic rings. The Kier molecular flexibility index (Phi) is 6.06. The molecule has 1 aliphatic heterocycles. The molecule has 0 aromatic carbocycles. The summed E-state index contributed by atoms with van der Waals surface area (Å²) in [6.45, 7) is 11.8. The van der Waals surface area contributed by atoms with Crippen LogP contribution in [0.25, 0.3) is 0 Å². The van der Waals surface area contributed by atoms with E-state index in [0.29, 0.717) is 11.8 Å². The van der Waals surface area contributed by atoms with Gasteiger partial charge in [0.2, 0.25) is 5.91 Å². The van der Waals surface area contributed by atoms with Gasteiger partial charge in [-0.25, -0.2) is 0 Å². The van der Waals surface area contributed by atoms with Gasteiger partial charge in [-0.1, -0.05) is 40.5 Å². The lowest BCUT2D eigenvalue weighted by Gasteiger charge is -2.28. The van der Waals surface area contributed by atoms with Gasteiger partial charge >= 0.3 is 0 Å². The zero-order chi connectivity index (χ0) is 15.4. The number of nitrogens with one attached hydrogen (secondary N) is 1. The normalized spacial score (nSPS) is 27.7. The Morgan fingerprint density at radius 3 is 2.57 bits per heavy atom. The highest BCUT2D eigenvalue weighted by Gasteiger charge is 2.40. The first-order chi connectivity index (χ1) is 10.1. The molecule has 1 aliphatic carbocycles. The van der Waals surface area contributed by atoms with Crippen molar-refractivity contribution in [3.63, 3.8) is 0 Å². The van der Waals surface area contributed by atoms with Crippen LogP contribution in [0.5, 0.6) is 0 Å². The number of nitrogens with zero attached hydrogens (tertiary/aromatic N) is 2. The number of rotatable bonds is 9. The first kappa shape index (κ1) is 16.8. The van der Waals surface area contributed by atoms with Crippen molar-refractivity contribution in [1.82, 2.24) is 15.1 Å². The molecular formula is C17H33N3O. The minimum Gasteiger partial charge on any atom is -0.325 e. The minimum absolute atomic E-state index is 0.0301. The lowest BCUT2D eigenvalue weighted by atomic mass is 9.99. The molecule has 0 radical (unpaired) electrons. The van der Waals surface area contributed by atoms with Crippen molar-refractivity contribution in [1.29, 1.82) is 0 Å². The molecule has 0 spiro atoms. The van der Waals surface area contributed by atoms with E-state index < -0.39 is 0 Å². The van der Waals surface area contributed by atoms with E-state index in [0.717, 1.165) is 44.9 Å². The van der Waals surface area contributed by atoms with Crippen molar-refractivity contribution >= 4 is 5.91 Å². The molecule has 2 fully saturated rings. The van der Waals surface area contributed by atoms with E-state index in [9.17, 15) is 4.79 Å². The van der Waals surface area contributed by atoms with Crippen molar-refractivity contribution < 1.29 is 4.79 Å². The number of hydrogen-bond acceptors (Lipinski definition) is 3. The second-order valence-corrected chi connectivity index (χ2v) is 6.73. The van der Waals surface area contributed by atoms with Gasteiger partial charge in [0.25, 0.3) is 0 Å². The molecule has 2 rings (SSSR count). The molecule has 0 bridgehead atoms. The molecule has 4 heteroatoms. The Hall–Kier alpha value is -0.610. The van der Waals surface area contributed by atoms with Crippen LogP contribution in [0.1, 0.15) is 59.8 Å². The Morgan fingerprint density at radius 1 is 1.33 bits per heavy atom. The van der Waals surface area contributed by atoms with Crippen LogP contribution in [0.3, 0.4) is 0 Å². The van der Waals surface area contributed by atoms with Crippen LogP contribution in [-0.4, -0.2) is 53.6 Å². The fourth-order valence-electron chi connectivity index (χ4n) is 3.40. The molecule has 0 aromatic heterocycles. The van der Waals surface area contributed by atoms with Crippen molar-refractivity contribution in [2.45, 2.75) is 78.0 Å². The predicted molar refractivity (Wildman–Crippen MR) is 87.1 cm³/mol. The van der Waals surface area contributed by atoms with Crippen LogP contribution in [0.2, 0.25) is 0 Å². The first-order valence-corrected chi connectivity index (χ1v) is 8.92. The van der Waals surface area contributed by atoms with Crippen molar-refractivity contribution in [3.05, 3.63) is 0 Å². The van der Waals surface area contributed by atoms with Gasteiger partial charge in [-0.2, -0.15) is 0 Å². The zero-order valence-electron chi connectivity index (χ0n) is 14.3. The summed E-state index contributed by atoms with van der Waals surface area (Å²) in [5, 5.41) is 3.59. The highest BCUT2D eigenvalue weighted by molar-refractivity contribution is 5.84. The summed E-state index contributed by atoms with van der Waals surface area (Å²) in [5.41, 5.74) is 0. The van der Waals surface area contributed by atoms with Crippen molar-refractivity contribution in [2.75, 3.05) is 19.6 Å². The molecule has 1 heterocycles. The molecule has 3 atom stereocenters. The summed E-state index contributed by atoms with van der Waals surface area (Å²) < 4.78 is 0. The van der Waals surface area contributed by atoms with Gasteiger partial charge in [0.15, 0.2) is 0 Å². The lowest BCUT2D eigenvalue weighted by Crippen LogP contribution is -2.42. The smallest absolute Gasteiger partial charge is 0.241 e. The first-order valence-electron chi connectivity index (χ1n) is 8.92. The Labute approximate surface area is 130 Å². The highest BCUT2D eigenvalue weighted by Crippen LogP contribution is 2.27. The summed E-state index contributed by atoms with van der Waals surface area (Å²) in [7, 11) is 0. The largest absolute Gasteiger partial charge is 0.325 e. The van der Waals surface area contributed by atoms with Crippen LogP contribution in [0.4, 0.5) is 0 Å². The van der Waals surface area contributed by atoms with E-state index in [4.69, 9.17) is 0 Å². The summed E-state index contributed by atoms with van der Waals surface area (Å²) in [6, 6.07) is 0.818. The summed E-state index contributed by atoms with van der Waals surface area (Å²) in [6.07, 6.45) is 6.17. The second kappa shape index (κ2) is 7.59. The third-order valence-corrected chi connectivity index (χ3v) is 5.17. The summed E-state index contributed by atoms with van der Waals surface area (Å²) >= 11 is 0. The molecule has 4 nitrogen and oxygen atoms in total. The van der Waals surface area contributed by atoms with Crippen LogP contribution in [0, 0.1) is 5.92 Å². The van der Waals surface area contributed by atoms with Gasteiger partial charge in [0.1, 0.15) is 0 Å². The molecule has 1 N–H and O–H groups in total. The monoisotopic (exact) mass is 295 g/mol. The van der Waals surface area contributed by atoms with Crippen LogP contribution >= 0.6 is 0 Å². The van der Waals surface area contributed by atoms with Crippen LogP contribution in [0.15, 0.2) is 0 Å². The van der Waals surface area contributed by atoms with Crippen molar-refractivity contribution in [2.24, 2.45) is 5.92 Å². The highest BCUT2D eigenvalue weighted by atomic mass is 16.2. The van der Waals surface area contributed by atoms with Gasteiger partial charge < -0.3 is 4.90 Å². The third kappa shape index (κ3) is 3.98. The lowest BCUT2D eigenvalue weighted by molar-refractivity contribution is -0.131. The maximum absolute atomic E-state index is 12.7. The van der Waals surface area contributed by atoms with Gasteiger partial charge in [-0.3, -0.25) is 15.0 Å². The predicted octanol–water partition coefficient (Wildman–Crippen LogP) is 2.44. The minimum atomic E-state index is 0.0301. The van der Waals surface area contributed by atoms with Gasteiger partial charge in [-0.15, -0.1) is 0 Å². The number of hydrogen-bond donors (Lipinski definition) is 1. The maximum atomic E-state index is 12.7. The van der Waals surface area contributed by atoms with E-state index in [1.165, 1.54) is 12.8 Å². The summed E-state index contributed by atoms with van der Waals surface area (Å²) in [5.74, 6) is 0.752. The average molecular weight is 295 g/mol. The number of likely N-dealkylation sites (N-methyl/N-ethyl adjacent to an activating group) is 1. The fourth-order valence-corrected chi connectivity index (χ4v) is 3.40. The number of carbonyl (C=O) groups excluding carboxylic acids is 1. The Morgan fingerprint density at radius 2 is 2.05 bits per heavy atom. The SMILES string of the molecule is CCCC1NC(C(C)CC)C(=O)N1CCN(CC)C1CC1. The molecule has 3 unspecified atom stereocenters. The zero-order valence-corrected chi connectivity index (χ0v) is 14.3. The molecule has 1 saturated heterocycles. The standard InChI is InChI=1S/C17H33N3O/c1-5-8-15-18-16(13(4)6-2)17(21)20(15)12-11-19(7-3)14-9-10-14/h13-16,18H,5-12H2,1-4H3. The Balaban J connectivity index is 1.94. The molecular weight excluding hydrogens is 262 g/mol. The third-order valence-electron chi connectivity index (χ3n) is 5.17. The van der Waals surface area contributed by atoms with E-state index in [2.05, 4.69) is 42.8 Å². The average Bonchev–Trinajstić information content (AvgIpc) is 3.27. The van der Waals surface area contributed by atoms with E-state index >= 15 is 0 Å². The maximum Gasteiger partial charge on any atom is 0.241 e. The van der Waals surface area contributed by atoms with E-state index in [1.807, 2.05) is 0 Å². The molecule has 1 saturated carbocycles. The number of carbonyl (C=O) groups is 1. The fraction of sp³-hybridized carbons (Fsp3) is 0.941. The summed E-state index contributed by atoms with van der Waals surface area (Å²) in [4.78, 5) is 17.4. The second-order valence-electron chi connectivity index (χ2n) is 6.73. The Bertz CT molecular complexity index is 343. The van der Waals surface area contributed by atoms with E-state index in [-0.39, 0.29) is 12.2 Å². The molecule has 21 heavy (non-hydrogen) atoms. The molecule has 122 valence electrons. The van der Waals surface area contributed by atoms with Crippen LogP contribution < -0.4 is 5.32 Å². The quantitative estimate of drug-likeness (QED) is 0.710. The van der Waals surface area contributed by atoms with Gasteiger partial charge in [-0.05, 0) is 31.7 Å². The molecule has 0 aromatic rings. The van der Waals surface area contributed by atoms with Gasteiger partial charge in [0, 0.05) is 19.1 Å². The van der Waals surface area contributed by atoms with E-state index in [1.54, 1.807) is 0 Å².